The van der Waals surface area contributed by atoms with Crippen molar-refractivity contribution in [1.29, 1.82) is 0 Å². The van der Waals surface area contributed by atoms with Crippen molar-refractivity contribution < 1.29 is 4.79 Å². The number of amides is 2. The number of anilines is 1. The molecule has 1 fully saturated rings. The molecule has 1 aliphatic heterocycles. The van der Waals surface area contributed by atoms with Crippen molar-refractivity contribution in [2.75, 3.05) is 11.9 Å². The van der Waals surface area contributed by atoms with Crippen LogP contribution in [-0.4, -0.2) is 22.5 Å². The van der Waals surface area contributed by atoms with Crippen LogP contribution in [0, 0.1) is 6.92 Å². The van der Waals surface area contributed by atoms with Gasteiger partial charge in [0.15, 0.2) is 0 Å². The molecule has 2 aromatic carbocycles. The number of hydrogen-bond donors (Lipinski definition) is 1. The standard InChI is InChI=1S/C23H23N3O/c1-17-12-13-19(16-20(17)21-10-5-6-14-24-21)25-23(27)26-15-7-11-22(26)18-8-3-2-4-9-18/h2-6,8-10,12-14,16,22H,7,11,15H2,1H3,(H,25,27). The molecule has 2 heterocycles. The van der Waals surface area contributed by atoms with E-state index in [1.807, 2.05) is 59.5 Å². The lowest BCUT2D eigenvalue weighted by Gasteiger charge is -2.25. The average Bonchev–Trinajstić information content (AvgIpc) is 3.21. The van der Waals surface area contributed by atoms with Crippen LogP contribution < -0.4 is 5.32 Å². The van der Waals surface area contributed by atoms with Crippen LogP contribution in [0.3, 0.4) is 0 Å². The van der Waals surface area contributed by atoms with Crippen molar-refractivity contribution in [3.8, 4) is 11.3 Å². The highest BCUT2D eigenvalue weighted by atomic mass is 16.2. The summed E-state index contributed by atoms with van der Waals surface area (Å²) in [7, 11) is 0. The fraction of sp³-hybridized carbons (Fsp3) is 0.217. The average molecular weight is 357 g/mol. The molecule has 0 radical (unpaired) electrons. The van der Waals surface area contributed by atoms with Crippen molar-refractivity contribution in [3.05, 3.63) is 84.1 Å². The number of carbonyl (C=O) groups excluding carboxylic acids is 1. The van der Waals surface area contributed by atoms with Gasteiger partial charge in [-0.1, -0.05) is 42.5 Å². The predicted octanol–water partition coefficient (Wildman–Crippen LogP) is 5.43. The quantitative estimate of drug-likeness (QED) is 0.680. The Hall–Kier alpha value is -3.14. The van der Waals surface area contributed by atoms with Gasteiger partial charge in [-0.2, -0.15) is 0 Å². The van der Waals surface area contributed by atoms with Gasteiger partial charge in [0.1, 0.15) is 0 Å². The number of carbonyl (C=O) groups is 1. The zero-order valence-electron chi connectivity index (χ0n) is 15.4. The topological polar surface area (TPSA) is 45.2 Å². The number of benzene rings is 2. The molecule has 0 aliphatic carbocycles. The Morgan fingerprint density at radius 3 is 2.67 bits per heavy atom. The monoisotopic (exact) mass is 357 g/mol. The van der Waals surface area contributed by atoms with E-state index in [1.54, 1.807) is 6.20 Å². The molecule has 136 valence electrons. The molecule has 0 spiro atoms. The van der Waals surface area contributed by atoms with E-state index in [1.165, 1.54) is 5.56 Å². The van der Waals surface area contributed by atoms with Crippen molar-refractivity contribution >= 4 is 11.7 Å². The summed E-state index contributed by atoms with van der Waals surface area (Å²) in [6.45, 7) is 2.84. The molecule has 1 saturated heterocycles. The van der Waals surface area contributed by atoms with E-state index in [9.17, 15) is 4.79 Å². The molecule has 4 rings (SSSR count). The first-order valence-corrected chi connectivity index (χ1v) is 9.37. The number of likely N-dealkylation sites (tertiary alicyclic amines) is 1. The summed E-state index contributed by atoms with van der Waals surface area (Å²) in [5, 5.41) is 3.08. The van der Waals surface area contributed by atoms with Crippen LogP contribution in [0.4, 0.5) is 10.5 Å². The van der Waals surface area contributed by atoms with Crippen molar-refractivity contribution in [3.63, 3.8) is 0 Å². The third kappa shape index (κ3) is 3.70. The second kappa shape index (κ2) is 7.62. The minimum absolute atomic E-state index is 0.0443. The van der Waals surface area contributed by atoms with Gasteiger partial charge in [-0.15, -0.1) is 0 Å². The van der Waals surface area contributed by atoms with Gasteiger partial charge in [0.2, 0.25) is 0 Å². The minimum atomic E-state index is -0.0443. The molecule has 1 N–H and O–H groups in total. The fourth-order valence-electron chi connectivity index (χ4n) is 3.72. The highest BCUT2D eigenvalue weighted by Crippen LogP contribution is 2.32. The minimum Gasteiger partial charge on any atom is -0.317 e. The molecule has 4 heteroatoms. The van der Waals surface area contributed by atoms with E-state index in [2.05, 4.69) is 29.4 Å². The maximum absolute atomic E-state index is 12.9. The number of urea groups is 1. The van der Waals surface area contributed by atoms with Gasteiger partial charge < -0.3 is 10.2 Å². The Morgan fingerprint density at radius 1 is 1.07 bits per heavy atom. The molecule has 2 amide bonds. The Balaban J connectivity index is 1.55. The summed E-state index contributed by atoms with van der Waals surface area (Å²) in [5.41, 5.74) is 5.08. The van der Waals surface area contributed by atoms with E-state index in [0.717, 1.165) is 41.9 Å². The maximum Gasteiger partial charge on any atom is 0.322 e. The smallest absolute Gasteiger partial charge is 0.317 e. The highest BCUT2D eigenvalue weighted by molar-refractivity contribution is 5.90. The van der Waals surface area contributed by atoms with E-state index < -0.39 is 0 Å². The summed E-state index contributed by atoms with van der Waals surface area (Å²) < 4.78 is 0. The Morgan fingerprint density at radius 2 is 1.89 bits per heavy atom. The second-order valence-corrected chi connectivity index (χ2v) is 6.94. The van der Waals surface area contributed by atoms with Gasteiger partial charge in [0, 0.05) is 24.0 Å². The number of rotatable bonds is 3. The molecule has 1 atom stereocenters. The highest BCUT2D eigenvalue weighted by Gasteiger charge is 2.29. The Bertz CT molecular complexity index is 925. The Labute approximate surface area is 159 Å². The first-order chi connectivity index (χ1) is 13.2. The summed E-state index contributed by atoms with van der Waals surface area (Å²) in [5.74, 6) is 0. The molecule has 0 saturated carbocycles. The van der Waals surface area contributed by atoms with Gasteiger partial charge in [0.05, 0.1) is 11.7 Å². The molecule has 0 bridgehead atoms. The van der Waals surface area contributed by atoms with Crippen LogP contribution >= 0.6 is 0 Å². The summed E-state index contributed by atoms with van der Waals surface area (Å²) in [6, 6.07) is 22.2. The molecular weight excluding hydrogens is 334 g/mol. The zero-order chi connectivity index (χ0) is 18.6. The molecule has 4 nitrogen and oxygen atoms in total. The van der Waals surface area contributed by atoms with E-state index in [-0.39, 0.29) is 12.1 Å². The van der Waals surface area contributed by atoms with Crippen LogP contribution in [0.1, 0.15) is 30.0 Å². The summed E-state index contributed by atoms with van der Waals surface area (Å²) in [4.78, 5) is 19.3. The van der Waals surface area contributed by atoms with Crippen LogP contribution in [0.5, 0.6) is 0 Å². The van der Waals surface area contributed by atoms with Crippen LogP contribution in [0.2, 0.25) is 0 Å². The zero-order valence-corrected chi connectivity index (χ0v) is 15.4. The Kier molecular flexibility index (Phi) is 4.88. The number of nitrogens with zero attached hydrogens (tertiary/aromatic N) is 2. The van der Waals surface area contributed by atoms with Gasteiger partial charge in [-0.05, 0) is 55.2 Å². The lowest BCUT2D eigenvalue weighted by molar-refractivity contribution is 0.207. The summed E-state index contributed by atoms with van der Waals surface area (Å²) >= 11 is 0. The molecule has 27 heavy (non-hydrogen) atoms. The second-order valence-electron chi connectivity index (χ2n) is 6.94. The maximum atomic E-state index is 12.9. The molecule has 1 aromatic heterocycles. The van der Waals surface area contributed by atoms with Gasteiger partial charge >= 0.3 is 6.03 Å². The fourth-order valence-corrected chi connectivity index (χ4v) is 3.72. The van der Waals surface area contributed by atoms with Crippen LogP contribution in [0.25, 0.3) is 11.3 Å². The van der Waals surface area contributed by atoms with Crippen LogP contribution in [0.15, 0.2) is 72.9 Å². The van der Waals surface area contributed by atoms with Gasteiger partial charge in [-0.3, -0.25) is 4.98 Å². The number of pyridine rings is 1. The van der Waals surface area contributed by atoms with Crippen molar-refractivity contribution in [2.24, 2.45) is 0 Å². The normalized spacial score (nSPS) is 16.3. The SMILES string of the molecule is Cc1ccc(NC(=O)N2CCCC2c2ccccc2)cc1-c1ccccn1. The van der Waals surface area contributed by atoms with E-state index in [0.29, 0.717) is 0 Å². The lowest BCUT2D eigenvalue weighted by Crippen LogP contribution is -2.34. The third-order valence-electron chi connectivity index (χ3n) is 5.13. The summed E-state index contributed by atoms with van der Waals surface area (Å²) in [6.07, 6.45) is 3.82. The molecule has 1 aliphatic rings. The molecule has 1 unspecified atom stereocenters. The number of aromatic nitrogens is 1. The number of nitrogens with one attached hydrogen (secondary N) is 1. The van der Waals surface area contributed by atoms with Gasteiger partial charge in [-0.25, -0.2) is 4.79 Å². The lowest BCUT2D eigenvalue weighted by atomic mass is 10.0. The van der Waals surface area contributed by atoms with E-state index in [4.69, 9.17) is 0 Å². The van der Waals surface area contributed by atoms with Crippen molar-refractivity contribution in [1.82, 2.24) is 9.88 Å². The number of hydrogen-bond acceptors (Lipinski definition) is 2. The van der Waals surface area contributed by atoms with E-state index >= 15 is 0 Å². The first kappa shape index (κ1) is 17.3. The predicted molar refractivity (Wildman–Crippen MR) is 109 cm³/mol. The van der Waals surface area contributed by atoms with Crippen molar-refractivity contribution in [2.45, 2.75) is 25.8 Å². The number of aryl methyl sites for hydroxylation is 1. The third-order valence-corrected chi connectivity index (χ3v) is 5.13. The first-order valence-electron chi connectivity index (χ1n) is 9.37. The van der Waals surface area contributed by atoms with Gasteiger partial charge in [0.25, 0.3) is 0 Å². The molecule has 3 aromatic rings. The molecular formula is C23H23N3O. The largest absolute Gasteiger partial charge is 0.322 e. The van der Waals surface area contributed by atoms with Crippen LogP contribution in [-0.2, 0) is 0 Å².